The summed E-state index contributed by atoms with van der Waals surface area (Å²) in [5, 5.41) is 3.08. The molecule has 3 rings (SSSR count). The van der Waals surface area contributed by atoms with Crippen LogP contribution in [-0.4, -0.2) is 24.0 Å². The molecule has 6 nitrogen and oxygen atoms in total. The zero-order valence-electron chi connectivity index (χ0n) is 13.4. The van der Waals surface area contributed by atoms with Gasteiger partial charge in [-0.05, 0) is 18.2 Å². The third-order valence-corrected chi connectivity index (χ3v) is 4.32. The lowest BCUT2D eigenvalue weighted by atomic mass is 10.1. The molecule has 0 fully saturated rings. The van der Waals surface area contributed by atoms with E-state index < -0.39 is 5.97 Å². The number of aromatic nitrogens is 1. The Hall–Kier alpha value is -3.19. The highest BCUT2D eigenvalue weighted by Gasteiger charge is 2.19. The van der Waals surface area contributed by atoms with Crippen LogP contribution in [0.2, 0.25) is 0 Å². The summed E-state index contributed by atoms with van der Waals surface area (Å²) in [6.45, 7) is 0. The molecule has 7 heteroatoms. The van der Waals surface area contributed by atoms with Crippen molar-refractivity contribution in [3.05, 3.63) is 65.0 Å². The van der Waals surface area contributed by atoms with E-state index in [2.05, 4.69) is 15.0 Å². The van der Waals surface area contributed by atoms with E-state index in [1.807, 2.05) is 30.3 Å². The monoisotopic (exact) mass is 353 g/mol. The molecule has 1 amide bonds. The van der Waals surface area contributed by atoms with Gasteiger partial charge in [-0.25, -0.2) is 9.78 Å². The number of nitrogen functional groups attached to an aromatic ring is 1. The van der Waals surface area contributed by atoms with Gasteiger partial charge >= 0.3 is 5.97 Å². The van der Waals surface area contributed by atoms with Gasteiger partial charge < -0.3 is 15.8 Å². The first-order valence-corrected chi connectivity index (χ1v) is 8.21. The van der Waals surface area contributed by atoms with Crippen LogP contribution >= 0.6 is 11.3 Å². The number of nitrogens with zero attached hydrogens (tertiary/aromatic N) is 1. The van der Waals surface area contributed by atoms with Crippen LogP contribution in [0, 0.1) is 0 Å². The number of methoxy groups -OCH3 is 1. The molecule has 0 spiro atoms. The molecule has 1 heterocycles. The molecule has 0 radical (unpaired) electrons. The predicted molar refractivity (Wildman–Crippen MR) is 97.7 cm³/mol. The van der Waals surface area contributed by atoms with Gasteiger partial charge in [0.05, 0.1) is 18.4 Å². The van der Waals surface area contributed by atoms with Crippen LogP contribution in [0.25, 0.3) is 11.3 Å². The first kappa shape index (κ1) is 16.7. The number of hydrogen-bond acceptors (Lipinski definition) is 6. The molecule has 0 saturated carbocycles. The number of nitrogens with one attached hydrogen (secondary N) is 1. The van der Waals surface area contributed by atoms with E-state index in [-0.39, 0.29) is 5.91 Å². The lowest BCUT2D eigenvalue weighted by molar-refractivity contribution is 0.0600. The summed E-state index contributed by atoms with van der Waals surface area (Å²) in [7, 11) is 1.31. The summed E-state index contributed by atoms with van der Waals surface area (Å²) in [5.41, 5.74) is 7.98. The fourth-order valence-corrected chi connectivity index (χ4v) is 3.06. The van der Waals surface area contributed by atoms with Crippen molar-refractivity contribution < 1.29 is 14.3 Å². The van der Waals surface area contributed by atoms with Crippen molar-refractivity contribution in [1.29, 1.82) is 0 Å². The molecule has 3 aromatic rings. The average Bonchev–Trinajstić information content (AvgIpc) is 3.04. The van der Waals surface area contributed by atoms with Crippen molar-refractivity contribution >= 4 is 34.0 Å². The molecular formula is C18H15N3O3S. The lowest BCUT2D eigenvalue weighted by Crippen LogP contribution is -2.12. The molecule has 2 aromatic carbocycles. The van der Waals surface area contributed by atoms with Crippen molar-refractivity contribution in [3.63, 3.8) is 0 Å². The first-order chi connectivity index (χ1) is 12.1. The highest BCUT2D eigenvalue weighted by atomic mass is 32.1. The molecule has 126 valence electrons. The fraction of sp³-hybridized carbons (Fsp3) is 0.0556. The van der Waals surface area contributed by atoms with Crippen molar-refractivity contribution in [2.45, 2.75) is 0 Å². The Bertz CT molecular complexity index is 922. The number of anilines is 2. The van der Waals surface area contributed by atoms with Gasteiger partial charge in [0.25, 0.3) is 5.91 Å². The van der Waals surface area contributed by atoms with E-state index in [0.29, 0.717) is 27.0 Å². The number of benzene rings is 2. The van der Waals surface area contributed by atoms with Gasteiger partial charge in [-0.3, -0.25) is 4.79 Å². The Labute approximate surface area is 148 Å². The van der Waals surface area contributed by atoms with E-state index in [9.17, 15) is 9.59 Å². The summed E-state index contributed by atoms with van der Waals surface area (Å²) in [4.78, 5) is 28.9. The molecule has 0 atom stereocenters. The summed E-state index contributed by atoms with van der Waals surface area (Å²) in [6.07, 6.45) is 0. The number of carbonyl (C=O) groups is 2. The Balaban J connectivity index is 1.89. The first-order valence-electron chi connectivity index (χ1n) is 7.40. The quantitative estimate of drug-likeness (QED) is 0.701. The molecule has 0 bridgehead atoms. The van der Waals surface area contributed by atoms with Crippen molar-refractivity contribution in [2.24, 2.45) is 0 Å². The van der Waals surface area contributed by atoms with E-state index in [4.69, 9.17) is 5.73 Å². The third-order valence-electron chi connectivity index (χ3n) is 3.44. The molecule has 0 unspecified atom stereocenters. The Morgan fingerprint density at radius 1 is 1.12 bits per heavy atom. The van der Waals surface area contributed by atoms with Gasteiger partial charge in [-0.1, -0.05) is 47.7 Å². The normalized spacial score (nSPS) is 10.3. The fourth-order valence-electron chi connectivity index (χ4n) is 2.31. The summed E-state index contributed by atoms with van der Waals surface area (Å²) < 4.78 is 4.69. The molecule has 1 aromatic heterocycles. The smallest absolute Gasteiger partial charge is 0.337 e. The Kier molecular flexibility index (Phi) is 4.76. The summed E-state index contributed by atoms with van der Waals surface area (Å²) in [6, 6.07) is 15.9. The van der Waals surface area contributed by atoms with E-state index in [1.165, 1.54) is 7.11 Å². The molecule has 0 aliphatic rings. The highest BCUT2D eigenvalue weighted by Crippen LogP contribution is 2.30. The number of amides is 1. The minimum atomic E-state index is -0.469. The van der Waals surface area contributed by atoms with E-state index >= 15 is 0 Å². The number of thiazole rings is 1. The van der Waals surface area contributed by atoms with Crippen LogP contribution in [0.5, 0.6) is 0 Å². The largest absolute Gasteiger partial charge is 0.465 e. The van der Waals surface area contributed by atoms with Gasteiger partial charge in [0.2, 0.25) is 0 Å². The average molecular weight is 353 g/mol. The van der Waals surface area contributed by atoms with Crippen molar-refractivity contribution in [3.8, 4) is 11.3 Å². The number of rotatable bonds is 4. The zero-order valence-corrected chi connectivity index (χ0v) is 14.2. The number of esters is 1. The minimum absolute atomic E-state index is 0.312. The van der Waals surface area contributed by atoms with Gasteiger partial charge in [0, 0.05) is 11.3 Å². The Morgan fingerprint density at radius 2 is 1.88 bits per heavy atom. The standard InChI is InChI=1S/C18H15N3O3S/c1-24-17(23)12-8-5-9-13(10-12)20-16(22)15-14(21-18(19)25-15)11-6-3-2-4-7-11/h2-10H,1H3,(H2,19,21)(H,20,22). The van der Waals surface area contributed by atoms with Crippen LogP contribution in [0.1, 0.15) is 20.0 Å². The maximum Gasteiger partial charge on any atom is 0.337 e. The third kappa shape index (κ3) is 3.67. The van der Waals surface area contributed by atoms with Gasteiger partial charge in [-0.15, -0.1) is 0 Å². The minimum Gasteiger partial charge on any atom is -0.465 e. The SMILES string of the molecule is COC(=O)c1cccc(NC(=O)c2sc(N)nc2-c2ccccc2)c1. The van der Waals surface area contributed by atoms with Gasteiger partial charge in [0.15, 0.2) is 5.13 Å². The summed E-state index contributed by atoms with van der Waals surface area (Å²) in [5.74, 6) is -0.807. The molecule has 0 aliphatic carbocycles. The molecule has 25 heavy (non-hydrogen) atoms. The molecule has 0 saturated heterocycles. The second kappa shape index (κ2) is 7.14. The highest BCUT2D eigenvalue weighted by molar-refractivity contribution is 7.17. The van der Waals surface area contributed by atoms with Crippen LogP contribution in [0.3, 0.4) is 0 Å². The topological polar surface area (TPSA) is 94.3 Å². The molecular weight excluding hydrogens is 338 g/mol. The number of hydrogen-bond donors (Lipinski definition) is 2. The van der Waals surface area contributed by atoms with Crippen LogP contribution in [0.15, 0.2) is 54.6 Å². The maximum atomic E-state index is 12.7. The Morgan fingerprint density at radius 3 is 2.60 bits per heavy atom. The van der Waals surface area contributed by atoms with Crippen molar-refractivity contribution in [1.82, 2.24) is 4.98 Å². The predicted octanol–water partition coefficient (Wildman–Crippen LogP) is 3.43. The van der Waals surface area contributed by atoms with E-state index in [1.54, 1.807) is 24.3 Å². The number of carbonyl (C=O) groups excluding carboxylic acids is 2. The maximum absolute atomic E-state index is 12.7. The van der Waals surface area contributed by atoms with E-state index in [0.717, 1.165) is 16.9 Å². The molecule has 3 N–H and O–H groups in total. The van der Waals surface area contributed by atoms with Crippen LogP contribution in [0.4, 0.5) is 10.8 Å². The summed E-state index contributed by atoms with van der Waals surface area (Å²) >= 11 is 1.11. The van der Waals surface area contributed by atoms with Crippen LogP contribution < -0.4 is 11.1 Å². The second-order valence-corrected chi connectivity index (χ2v) is 6.15. The van der Waals surface area contributed by atoms with Crippen molar-refractivity contribution in [2.75, 3.05) is 18.2 Å². The van der Waals surface area contributed by atoms with Crippen LogP contribution in [-0.2, 0) is 4.74 Å². The second-order valence-electron chi connectivity index (χ2n) is 5.12. The zero-order chi connectivity index (χ0) is 17.8. The van der Waals surface area contributed by atoms with Gasteiger partial charge in [0.1, 0.15) is 4.88 Å². The van der Waals surface area contributed by atoms with Gasteiger partial charge in [-0.2, -0.15) is 0 Å². The lowest BCUT2D eigenvalue weighted by Gasteiger charge is -2.07. The molecule has 0 aliphatic heterocycles. The number of ether oxygens (including phenoxy) is 1. The number of nitrogens with two attached hydrogens (primary N) is 1.